The molecule has 0 aliphatic heterocycles. The Balaban J connectivity index is 2.77. The predicted molar refractivity (Wildman–Crippen MR) is 50.0 cm³/mol. The zero-order valence-electron chi connectivity index (χ0n) is 7.24. The summed E-state index contributed by atoms with van der Waals surface area (Å²) in [5.74, 6) is -0.0319. The third-order valence-corrected chi connectivity index (χ3v) is 1.43. The number of carbonyl (C=O) groups excluding carboxylic acids is 1. The van der Waals surface area contributed by atoms with Crippen LogP contribution in [0.1, 0.15) is 12.5 Å². The maximum absolute atomic E-state index is 10.5. The Hall–Kier alpha value is -1.44. The topological polar surface area (TPSA) is 29.4 Å². The number of ketones is 1. The molecule has 0 radical (unpaired) electrons. The molecule has 0 heterocycles. The van der Waals surface area contributed by atoms with Gasteiger partial charge in [0.05, 0.1) is 11.9 Å². The minimum atomic E-state index is -0.0319. The third kappa shape index (κ3) is 2.66. The van der Waals surface area contributed by atoms with Gasteiger partial charge in [0.25, 0.3) is 0 Å². The number of hydrogen-bond donors (Lipinski definition) is 0. The van der Waals surface area contributed by atoms with Crippen LogP contribution in [0.15, 0.2) is 29.3 Å². The molecule has 0 N–H and O–H groups in total. The van der Waals surface area contributed by atoms with Gasteiger partial charge < -0.3 is 0 Å². The molecule has 0 aliphatic rings. The highest BCUT2D eigenvalue weighted by Gasteiger charge is 1.87. The fraction of sp³-hybridized carbons (Fsp3) is 0.200. The Kier molecular flexibility index (Phi) is 2.75. The average Bonchev–Trinajstić information content (AvgIpc) is 2.03. The second-order valence-corrected chi connectivity index (χ2v) is 2.70. The number of aliphatic imine (C=N–C) groups is 1. The minimum Gasteiger partial charge on any atom is -0.293 e. The molecule has 0 fully saturated rings. The van der Waals surface area contributed by atoms with E-state index in [1.807, 2.05) is 31.2 Å². The summed E-state index contributed by atoms with van der Waals surface area (Å²) in [6.07, 6.45) is 1.32. The van der Waals surface area contributed by atoms with Crippen LogP contribution in [0.2, 0.25) is 0 Å². The van der Waals surface area contributed by atoms with Crippen LogP contribution in [0.4, 0.5) is 5.69 Å². The second kappa shape index (κ2) is 3.81. The molecule has 62 valence electrons. The van der Waals surface area contributed by atoms with E-state index in [0.717, 1.165) is 5.69 Å². The summed E-state index contributed by atoms with van der Waals surface area (Å²) in [5.41, 5.74) is 2.01. The lowest BCUT2D eigenvalue weighted by molar-refractivity contribution is -0.110. The van der Waals surface area contributed by atoms with E-state index in [9.17, 15) is 4.79 Å². The van der Waals surface area contributed by atoms with Crippen LogP contribution in [-0.2, 0) is 4.79 Å². The maximum Gasteiger partial charge on any atom is 0.170 e. The monoisotopic (exact) mass is 161 g/mol. The lowest BCUT2D eigenvalue weighted by Gasteiger charge is -1.92. The van der Waals surface area contributed by atoms with Crippen LogP contribution in [0.5, 0.6) is 0 Å². The van der Waals surface area contributed by atoms with Crippen LogP contribution in [0.25, 0.3) is 0 Å². The molecule has 1 aromatic rings. The lowest BCUT2D eigenvalue weighted by Crippen LogP contribution is -1.88. The van der Waals surface area contributed by atoms with Crippen molar-refractivity contribution in [2.24, 2.45) is 4.99 Å². The van der Waals surface area contributed by atoms with Crippen molar-refractivity contribution in [3.8, 4) is 0 Å². The van der Waals surface area contributed by atoms with Gasteiger partial charge in [0.1, 0.15) is 0 Å². The number of hydrogen-bond acceptors (Lipinski definition) is 2. The molecule has 0 atom stereocenters. The molecule has 0 spiro atoms. The molecule has 0 bridgehead atoms. The Bertz CT molecular complexity index is 298. The number of benzene rings is 1. The molecule has 2 nitrogen and oxygen atoms in total. The zero-order valence-corrected chi connectivity index (χ0v) is 7.24. The van der Waals surface area contributed by atoms with Crippen molar-refractivity contribution in [1.82, 2.24) is 0 Å². The fourth-order valence-electron chi connectivity index (χ4n) is 0.796. The summed E-state index contributed by atoms with van der Waals surface area (Å²) in [6, 6.07) is 7.70. The molecule has 0 aliphatic carbocycles. The smallest absolute Gasteiger partial charge is 0.170 e. The molecule has 2 heteroatoms. The van der Waals surface area contributed by atoms with Gasteiger partial charge in [-0.15, -0.1) is 0 Å². The van der Waals surface area contributed by atoms with Gasteiger partial charge in [-0.05, 0) is 19.1 Å². The summed E-state index contributed by atoms with van der Waals surface area (Å²) in [6.45, 7) is 3.50. The van der Waals surface area contributed by atoms with Crippen LogP contribution in [-0.4, -0.2) is 12.0 Å². The molecule has 1 aromatic carbocycles. The van der Waals surface area contributed by atoms with Crippen molar-refractivity contribution in [2.75, 3.05) is 0 Å². The Morgan fingerprint density at radius 2 is 1.92 bits per heavy atom. The van der Waals surface area contributed by atoms with Gasteiger partial charge in [-0.25, -0.2) is 0 Å². The van der Waals surface area contributed by atoms with Crippen LogP contribution < -0.4 is 0 Å². The van der Waals surface area contributed by atoms with Gasteiger partial charge in [0.15, 0.2) is 5.78 Å². The molecule has 0 aromatic heterocycles. The van der Waals surface area contributed by atoms with Crippen molar-refractivity contribution in [3.05, 3.63) is 29.8 Å². The van der Waals surface area contributed by atoms with Gasteiger partial charge in [-0.1, -0.05) is 17.7 Å². The van der Waals surface area contributed by atoms with Crippen LogP contribution >= 0.6 is 0 Å². The lowest BCUT2D eigenvalue weighted by atomic mass is 10.2. The summed E-state index contributed by atoms with van der Waals surface area (Å²) in [7, 11) is 0. The van der Waals surface area contributed by atoms with Crippen molar-refractivity contribution in [1.29, 1.82) is 0 Å². The largest absolute Gasteiger partial charge is 0.293 e. The number of aryl methyl sites for hydroxylation is 1. The van der Waals surface area contributed by atoms with Gasteiger partial charge in [-0.2, -0.15) is 0 Å². The number of rotatable bonds is 2. The highest BCUT2D eigenvalue weighted by Crippen LogP contribution is 2.11. The molecule has 0 unspecified atom stereocenters. The van der Waals surface area contributed by atoms with E-state index in [2.05, 4.69) is 4.99 Å². The van der Waals surface area contributed by atoms with Gasteiger partial charge in [0, 0.05) is 6.92 Å². The fourth-order valence-corrected chi connectivity index (χ4v) is 0.796. The van der Waals surface area contributed by atoms with E-state index in [1.54, 1.807) is 0 Å². The van der Waals surface area contributed by atoms with Crippen molar-refractivity contribution >= 4 is 17.7 Å². The highest BCUT2D eigenvalue weighted by molar-refractivity contribution is 6.26. The first-order chi connectivity index (χ1) is 5.68. The Morgan fingerprint density at radius 3 is 2.42 bits per heavy atom. The number of carbonyl (C=O) groups is 1. The van der Waals surface area contributed by atoms with Crippen LogP contribution in [0.3, 0.4) is 0 Å². The number of Topliss-reactive ketones (excluding diaryl/α,β-unsaturated/α-hetero) is 1. The summed E-state index contributed by atoms with van der Waals surface area (Å²) in [4.78, 5) is 14.5. The predicted octanol–water partition coefficient (Wildman–Crippen LogP) is 2.29. The summed E-state index contributed by atoms with van der Waals surface area (Å²) >= 11 is 0. The SMILES string of the molecule is CC(=O)C=Nc1ccc(C)cc1. The first kappa shape index (κ1) is 8.65. The minimum absolute atomic E-state index is 0.0319. The summed E-state index contributed by atoms with van der Waals surface area (Å²) < 4.78 is 0. The molecular weight excluding hydrogens is 150 g/mol. The molecular formula is C10H11NO. The van der Waals surface area contributed by atoms with Crippen molar-refractivity contribution in [3.63, 3.8) is 0 Å². The Labute approximate surface area is 71.9 Å². The normalized spacial score (nSPS) is 10.5. The van der Waals surface area contributed by atoms with E-state index in [0.29, 0.717) is 0 Å². The first-order valence-corrected chi connectivity index (χ1v) is 3.80. The van der Waals surface area contributed by atoms with E-state index in [1.165, 1.54) is 18.7 Å². The van der Waals surface area contributed by atoms with Gasteiger partial charge >= 0.3 is 0 Å². The summed E-state index contributed by atoms with van der Waals surface area (Å²) in [5, 5.41) is 0. The van der Waals surface area contributed by atoms with E-state index >= 15 is 0 Å². The zero-order chi connectivity index (χ0) is 8.97. The Morgan fingerprint density at radius 1 is 1.33 bits per heavy atom. The molecule has 1 rings (SSSR count). The quantitative estimate of drug-likeness (QED) is 0.612. The highest BCUT2D eigenvalue weighted by atomic mass is 16.1. The van der Waals surface area contributed by atoms with Crippen molar-refractivity contribution in [2.45, 2.75) is 13.8 Å². The van der Waals surface area contributed by atoms with Crippen molar-refractivity contribution < 1.29 is 4.79 Å². The second-order valence-electron chi connectivity index (χ2n) is 2.70. The molecule has 0 saturated heterocycles. The molecule has 0 amide bonds. The first-order valence-electron chi connectivity index (χ1n) is 3.80. The van der Waals surface area contributed by atoms with Gasteiger partial charge in [0.2, 0.25) is 0 Å². The standard InChI is InChI=1S/C10H11NO/c1-8-3-5-10(6-4-8)11-7-9(2)12/h3-7H,1-2H3. The van der Waals surface area contributed by atoms with E-state index in [-0.39, 0.29) is 5.78 Å². The van der Waals surface area contributed by atoms with E-state index < -0.39 is 0 Å². The van der Waals surface area contributed by atoms with Crippen LogP contribution in [0, 0.1) is 6.92 Å². The average molecular weight is 161 g/mol. The third-order valence-electron chi connectivity index (χ3n) is 1.43. The number of nitrogens with zero attached hydrogens (tertiary/aromatic N) is 1. The molecule has 0 saturated carbocycles. The van der Waals surface area contributed by atoms with E-state index in [4.69, 9.17) is 0 Å². The maximum atomic E-state index is 10.5. The molecule has 12 heavy (non-hydrogen) atoms. The van der Waals surface area contributed by atoms with Gasteiger partial charge in [-0.3, -0.25) is 9.79 Å².